The van der Waals surface area contributed by atoms with Crippen molar-refractivity contribution in [3.63, 3.8) is 0 Å². The van der Waals surface area contributed by atoms with E-state index in [4.69, 9.17) is 10.7 Å². The van der Waals surface area contributed by atoms with Crippen LogP contribution in [0.3, 0.4) is 0 Å². The van der Waals surface area contributed by atoms with Crippen molar-refractivity contribution in [3.05, 3.63) is 95.2 Å². The second-order valence-electron chi connectivity index (χ2n) is 9.56. The molecule has 4 N–H and O–H groups in total. The number of nitrogens with zero attached hydrogens (tertiary/aromatic N) is 2. The Kier molecular flexibility index (Phi) is 9.27. The molecule has 0 radical (unpaired) electrons. The molecule has 0 unspecified atom stereocenters. The van der Waals surface area contributed by atoms with Gasteiger partial charge in [0, 0.05) is 28.5 Å². The van der Waals surface area contributed by atoms with Gasteiger partial charge >= 0.3 is 0 Å². The molecule has 0 aliphatic heterocycles. The number of carbonyl (C=O) groups excluding carboxylic acids is 1. The Bertz CT molecular complexity index is 1380. The molecule has 1 fully saturated rings. The lowest BCUT2D eigenvalue weighted by Crippen LogP contribution is -2.13. The molecule has 1 aliphatic carbocycles. The zero-order valence-corrected chi connectivity index (χ0v) is 23.0. The molecule has 38 heavy (non-hydrogen) atoms. The Hall–Kier alpha value is -3.97. The Labute approximate surface area is 229 Å². The molecule has 0 saturated heterocycles. The summed E-state index contributed by atoms with van der Waals surface area (Å²) in [6, 6.07) is 14.5. The summed E-state index contributed by atoms with van der Waals surface area (Å²) in [5, 5.41) is 8.94. The van der Waals surface area contributed by atoms with Gasteiger partial charge < -0.3 is 16.4 Å². The van der Waals surface area contributed by atoms with Gasteiger partial charge in [-0.15, -0.1) is 11.3 Å². The first-order valence-electron chi connectivity index (χ1n) is 12.9. The van der Waals surface area contributed by atoms with Crippen LogP contribution in [-0.4, -0.2) is 16.6 Å². The SMILES string of the molecule is C\C=C(/C=C\C(C)=N\C=C(/C)c1csc(Nc2ccc(C(=O)Nc3ccccc3N)cc2)n1)CC1CCC1. The number of nitrogen functional groups attached to an aromatic ring is 1. The number of rotatable bonds is 10. The minimum atomic E-state index is -0.210. The van der Waals surface area contributed by atoms with Crippen LogP contribution in [0.4, 0.5) is 22.2 Å². The van der Waals surface area contributed by atoms with Crippen LogP contribution in [0.1, 0.15) is 62.5 Å². The summed E-state index contributed by atoms with van der Waals surface area (Å²) in [5.41, 5.74) is 12.7. The number of para-hydroxylation sites is 2. The van der Waals surface area contributed by atoms with Gasteiger partial charge in [0.1, 0.15) is 0 Å². The number of hydrogen-bond donors (Lipinski definition) is 3. The number of hydrogen-bond acceptors (Lipinski definition) is 6. The minimum absolute atomic E-state index is 0.210. The van der Waals surface area contributed by atoms with Crippen LogP contribution in [0.2, 0.25) is 0 Å². The normalized spacial score (nSPS) is 15.0. The smallest absolute Gasteiger partial charge is 0.255 e. The molecule has 0 atom stereocenters. The van der Waals surface area contributed by atoms with E-state index in [-0.39, 0.29) is 5.91 Å². The Morgan fingerprint density at radius 3 is 2.58 bits per heavy atom. The molecule has 1 amide bonds. The fourth-order valence-corrected chi connectivity index (χ4v) is 4.78. The first-order valence-corrected chi connectivity index (χ1v) is 13.8. The van der Waals surface area contributed by atoms with Gasteiger partial charge in [-0.3, -0.25) is 9.79 Å². The third-order valence-corrected chi connectivity index (χ3v) is 7.39. The number of anilines is 4. The molecule has 7 heteroatoms. The summed E-state index contributed by atoms with van der Waals surface area (Å²) in [6.45, 7) is 6.14. The van der Waals surface area contributed by atoms with Crippen LogP contribution in [-0.2, 0) is 0 Å². The third-order valence-electron chi connectivity index (χ3n) is 6.64. The van der Waals surface area contributed by atoms with Crippen molar-refractivity contribution >= 4 is 50.7 Å². The van der Waals surface area contributed by atoms with Gasteiger partial charge in [-0.2, -0.15) is 0 Å². The van der Waals surface area contributed by atoms with E-state index in [9.17, 15) is 4.79 Å². The molecule has 3 aromatic rings. The second kappa shape index (κ2) is 13.0. The number of carbonyl (C=O) groups is 1. The summed E-state index contributed by atoms with van der Waals surface area (Å²) in [4.78, 5) is 21.9. The third kappa shape index (κ3) is 7.52. The lowest BCUT2D eigenvalue weighted by atomic mass is 9.80. The highest BCUT2D eigenvalue weighted by molar-refractivity contribution is 7.13. The number of aliphatic imine (C=N–C) groups is 1. The molecule has 0 spiro atoms. The van der Waals surface area contributed by atoms with Crippen LogP contribution in [0, 0.1) is 5.92 Å². The zero-order valence-electron chi connectivity index (χ0n) is 22.2. The van der Waals surface area contributed by atoms with Gasteiger partial charge in [-0.25, -0.2) is 4.98 Å². The molecule has 1 aromatic heterocycles. The molecule has 2 aromatic carbocycles. The summed E-state index contributed by atoms with van der Waals surface area (Å²) < 4.78 is 0. The van der Waals surface area contributed by atoms with Crippen molar-refractivity contribution in [3.8, 4) is 0 Å². The quantitative estimate of drug-likeness (QED) is 0.141. The van der Waals surface area contributed by atoms with E-state index in [1.165, 1.54) is 42.6 Å². The van der Waals surface area contributed by atoms with Gasteiger partial charge in [0.2, 0.25) is 0 Å². The van der Waals surface area contributed by atoms with Crippen LogP contribution in [0.5, 0.6) is 0 Å². The van der Waals surface area contributed by atoms with E-state index >= 15 is 0 Å². The standard InChI is InChI=1S/C31H35N5OS/c1-4-23(18-24-8-7-9-24)13-12-22(3)33-19-21(2)29-20-38-31(36-29)34-26-16-14-25(15-17-26)30(37)35-28-11-6-5-10-27(28)32/h4-6,10-17,19-20,24H,7-9,18,32H2,1-3H3,(H,34,36)(H,35,37)/b13-12-,21-19+,23-4+,33-22+. The maximum Gasteiger partial charge on any atom is 0.255 e. The Morgan fingerprint density at radius 2 is 1.89 bits per heavy atom. The number of benzene rings is 2. The average molecular weight is 526 g/mol. The summed E-state index contributed by atoms with van der Waals surface area (Å²) in [5.74, 6) is 0.646. The number of nitrogens with one attached hydrogen (secondary N) is 2. The Morgan fingerprint density at radius 1 is 1.13 bits per heavy atom. The summed E-state index contributed by atoms with van der Waals surface area (Å²) >= 11 is 1.53. The van der Waals surface area contributed by atoms with Crippen LogP contribution in [0.25, 0.3) is 5.57 Å². The molecule has 6 nitrogen and oxygen atoms in total. The number of aromatic nitrogens is 1. The molecule has 1 heterocycles. The first-order chi connectivity index (χ1) is 18.4. The predicted molar refractivity (Wildman–Crippen MR) is 162 cm³/mol. The Balaban J connectivity index is 1.32. The topological polar surface area (TPSA) is 92.4 Å². The zero-order chi connectivity index (χ0) is 26.9. The van der Waals surface area contributed by atoms with Gasteiger partial charge in [0.05, 0.1) is 17.1 Å². The van der Waals surface area contributed by atoms with Crippen molar-refractivity contribution in [1.29, 1.82) is 0 Å². The molecular formula is C31H35N5OS. The maximum absolute atomic E-state index is 12.5. The fourth-order valence-electron chi connectivity index (χ4n) is 3.99. The lowest BCUT2D eigenvalue weighted by Gasteiger charge is -2.25. The molecular weight excluding hydrogens is 490 g/mol. The number of nitrogens with two attached hydrogens (primary N) is 1. The monoisotopic (exact) mass is 525 g/mol. The second-order valence-corrected chi connectivity index (χ2v) is 10.4. The van der Waals surface area contributed by atoms with E-state index in [0.29, 0.717) is 16.9 Å². The molecule has 1 saturated carbocycles. The van der Waals surface area contributed by atoms with E-state index in [0.717, 1.165) is 33.7 Å². The van der Waals surface area contributed by atoms with Crippen LogP contribution >= 0.6 is 11.3 Å². The lowest BCUT2D eigenvalue weighted by molar-refractivity contribution is 0.102. The van der Waals surface area contributed by atoms with Crippen molar-refractivity contribution in [2.24, 2.45) is 10.9 Å². The summed E-state index contributed by atoms with van der Waals surface area (Å²) in [7, 11) is 0. The highest BCUT2D eigenvalue weighted by Crippen LogP contribution is 2.32. The van der Waals surface area contributed by atoms with Crippen LogP contribution < -0.4 is 16.4 Å². The van der Waals surface area contributed by atoms with Crippen LogP contribution in [0.15, 0.2) is 88.9 Å². The van der Waals surface area contributed by atoms with Gasteiger partial charge in [0.15, 0.2) is 5.13 Å². The molecule has 1 aliphatic rings. The molecule has 4 rings (SSSR count). The predicted octanol–water partition coefficient (Wildman–Crippen LogP) is 8.24. The van der Waals surface area contributed by atoms with Crippen molar-refractivity contribution in [2.45, 2.75) is 46.5 Å². The van der Waals surface area contributed by atoms with Crippen molar-refractivity contribution in [1.82, 2.24) is 4.98 Å². The van der Waals surface area contributed by atoms with Crippen molar-refractivity contribution in [2.75, 3.05) is 16.4 Å². The van der Waals surface area contributed by atoms with E-state index in [2.05, 4.69) is 40.8 Å². The van der Waals surface area contributed by atoms with E-state index in [1.54, 1.807) is 24.3 Å². The highest BCUT2D eigenvalue weighted by atomic mass is 32.1. The van der Waals surface area contributed by atoms with E-state index < -0.39 is 0 Å². The van der Waals surface area contributed by atoms with Gasteiger partial charge in [0.25, 0.3) is 5.91 Å². The molecule has 0 bridgehead atoms. The number of thiazole rings is 1. The summed E-state index contributed by atoms with van der Waals surface area (Å²) in [6.07, 6.45) is 13.6. The fraction of sp³-hybridized carbons (Fsp3) is 0.258. The minimum Gasteiger partial charge on any atom is -0.397 e. The number of amides is 1. The van der Waals surface area contributed by atoms with Crippen molar-refractivity contribution < 1.29 is 4.79 Å². The van der Waals surface area contributed by atoms with E-state index in [1.807, 2.05) is 49.7 Å². The highest BCUT2D eigenvalue weighted by Gasteiger charge is 2.17. The first kappa shape index (κ1) is 27.1. The van der Waals surface area contributed by atoms with Gasteiger partial charge in [-0.05, 0) is 81.2 Å². The number of allylic oxidation sites excluding steroid dienone is 5. The maximum atomic E-state index is 12.5. The van der Waals surface area contributed by atoms with Gasteiger partial charge in [-0.1, -0.05) is 49.1 Å². The largest absolute Gasteiger partial charge is 0.397 e. The molecule has 196 valence electrons. The average Bonchev–Trinajstić information content (AvgIpc) is 3.36.